The number of halogens is 1. The van der Waals surface area contributed by atoms with Gasteiger partial charge in [-0.25, -0.2) is 33.5 Å². The van der Waals surface area contributed by atoms with E-state index < -0.39 is 83.2 Å². The van der Waals surface area contributed by atoms with Crippen LogP contribution in [-0.2, 0) is 36.7 Å². The molecule has 2 unspecified atom stereocenters. The fraction of sp³-hybridized carbons (Fsp3) is 0.500. The van der Waals surface area contributed by atoms with Gasteiger partial charge < -0.3 is 40.9 Å². The number of aromatic nitrogens is 8. The number of nitrogen functional groups attached to an aromatic ring is 2. The minimum atomic E-state index is -5.35. The van der Waals surface area contributed by atoms with Gasteiger partial charge in [-0.15, -0.1) is 0 Å². The molecule has 23 nitrogen and oxygen atoms in total. The van der Waals surface area contributed by atoms with Crippen LogP contribution in [0.1, 0.15) is 12.5 Å². The molecule has 3 aliphatic rings. The lowest BCUT2D eigenvalue weighted by atomic mass is 10.1. The van der Waals surface area contributed by atoms with Crippen molar-refractivity contribution in [2.75, 3.05) is 24.7 Å². The molecule has 9 N–H and O–H groups in total. The summed E-state index contributed by atoms with van der Waals surface area (Å²) in [5.74, 6) is -3.80. The van der Waals surface area contributed by atoms with Crippen molar-refractivity contribution in [2.24, 2.45) is 0 Å². The highest BCUT2D eigenvalue weighted by Gasteiger charge is 2.61. The maximum absolute atomic E-state index is 16.2. The van der Waals surface area contributed by atoms with Crippen LogP contribution in [0.2, 0.25) is 0 Å². The smallest absolute Gasteiger partial charge is 0.386 e. The molecule has 3 fully saturated rings. The van der Waals surface area contributed by atoms with Crippen molar-refractivity contribution in [3.8, 4) is 0 Å². The fourth-order valence-electron chi connectivity index (χ4n) is 5.29. The average Bonchev–Trinajstić information content (AvgIpc) is 3.73. The third-order valence-corrected chi connectivity index (χ3v) is 9.33. The van der Waals surface area contributed by atoms with Gasteiger partial charge in [0.05, 0.1) is 19.3 Å². The quantitative estimate of drug-likeness (QED) is 0.111. The van der Waals surface area contributed by atoms with E-state index in [4.69, 9.17) is 39.0 Å². The van der Waals surface area contributed by atoms with Crippen molar-refractivity contribution in [1.82, 2.24) is 39.0 Å². The van der Waals surface area contributed by atoms with E-state index in [0.717, 1.165) is 17.2 Å². The number of ether oxygens (including phenoxy) is 2. The van der Waals surface area contributed by atoms with E-state index in [9.17, 15) is 33.9 Å². The van der Waals surface area contributed by atoms with Gasteiger partial charge in [-0.05, 0) is 0 Å². The van der Waals surface area contributed by atoms with Crippen molar-refractivity contribution in [1.29, 1.82) is 0 Å². The number of aliphatic hydroxyl groups is 2. The van der Waals surface area contributed by atoms with Crippen LogP contribution in [0.3, 0.4) is 0 Å². The second kappa shape index (κ2) is 10.8. The van der Waals surface area contributed by atoms with Gasteiger partial charge in [-0.1, -0.05) is 0 Å². The summed E-state index contributed by atoms with van der Waals surface area (Å²) in [4.78, 5) is 55.3. The van der Waals surface area contributed by atoms with E-state index >= 15 is 4.39 Å². The number of hydrogen-bond acceptors (Lipinski definition) is 18. The van der Waals surface area contributed by atoms with Crippen LogP contribution in [0.25, 0.3) is 22.3 Å². The molecule has 46 heavy (non-hydrogen) atoms. The van der Waals surface area contributed by atoms with Crippen molar-refractivity contribution in [2.45, 2.75) is 48.8 Å². The van der Waals surface area contributed by atoms with Crippen LogP contribution in [0.15, 0.2) is 23.8 Å². The molecular formula is C20H23FN10O13P2. The number of alkyl halides is 1. The van der Waals surface area contributed by atoms with Crippen LogP contribution < -0.4 is 17.0 Å². The first-order chi connectivity index (χ1) is 21.7. The Morgan fingerprint density at radius 3 is 2.39 bits per heavy atom. The monoisotopic (exact) mass is 692 g/mol. The Bertz CT molecular complexity index is 1990. The summed E-state index contributed by atoms with van der Waals surface area (Å²) in [5, 5.41) is 22.0. The Balaban J connectivity index is 1.23. The summed E-state index contributed by atoms with van der Waals surface area (Å²) in [6, 6.07) is 0. The number of phosphoric acid groups is 2. The van der Waals surface area contributed by atoms with Gasteiger partial charge in [0.2, 0.25) is 5.95 Å². The molecule has 7 rings (SSSR count). The van der Waals surface area contributed by atoms with E-state index in [1.165, 1.54) is 10.9 Å². The molecule has 4 aromatic rings. The molecule has 0 spiro atoms. The van der Waals surface area contributed by atoms with E-state index in [1.807, 2.05) is 0 Å². The molecule has 0 aromatic carbocycles. The number of rotatable bonds is 2. The number of nitrogens with one attached hydrogen (secondary N) is 1. The minimum Gasteiger partial charge on any atom is -0.386 e. The van der Waals surface area contributed by atoms with Crippen molar-refractivity contribution < 1.29 is 61.1 Å². The Kier molecular flexibility index (Phi) is 7.28. The lowest BCUT2D eigenvalue weighted by Crippen LogP contribution is -2.43. The number of phosphoric ester groups is 2. The van der Waals surface area contributed by atoms with Crippen molar-refractivity contribution >= 4 is 49.7 Å². The third kappa shape index (κ3) is 5.17. The van der Waals surface area contributed by atoms with Gasteiger partial charge in [0, 0.05) is 0 Å². The summed E-state index contributed by atoms with van der Waals surface area (Å²) in [6.45, 7) is -2.45. The summed E-state index contributed by atoms with van der Waals surface area (Å²) >= 11 is 0. The number of imidazole rings is 2. The van der Waals surface area contributed by atoms with Gasteiger partial charge in [0.25, 0.3) is 11.4 Å². The van der Waals surface area contributed by atoms with Crippen molar-refractivity contribution in [3.05, 3.63) is 29.3 Å². The van der Waals surface area contributed by atoms with Gasteiger partial charge in [0.15, 0.2) is 35.1 Å². The predicted molar refractivity (Wildman–Crippen MR) is 143 cm³/mol. The summed E-state index contributed by atoms with van der Waals surface area (Å²) in [5.41, 5.74) is 10.2. The van der Waals surface area contributed by atoms with E-state index in [1.54, 1.807) is 0 Å². The number of hydrogen-bond donors (Lipinski definition) is 7. The first-order valence-electron chi connectivity index (χ1n) is 13.0. The molecule has 3 aliphatic heterocycles. The van der Waals surface area contributed by atoms with Gasteiger partial charge in [0.1, 0.15) is 49.0 Å². The number of H-pyrrole nitrogens is 1. The third-order valence-electron chi connectivity index (χ3n) is 7.38. The Morgan fingerprint density at radius 1 is 0.957 bits per heavy atom. The van der Waals surface area contributed by atoms with Gasteiger partial charge in [-0.2, -0.15) is 4.98 Å². The molecule has 0 amide bonds. The van der Waals surface area contributed by atoms with Gasteiger partial charge in [-0.3, -0.25) is 37.0 Å². The SMILES string of the molecule is Nc1nc2c(ncn2[C@@H]2O[C@]3(F)COP(=O)(O)O[C@H]4[C@@H](O)[C@H](n5cnc6c(N)ncnc65)O[C@@H]4COP(=O)(O)O[C@@H]2[C@@H]3O)c(=O)[nH]1. The van der Waals surface area contributed by atoms with Crippen LogP contribution in [0.5, 0.6) is 0 Å². The van der Waals surface area contributed by atoms with Crippen LogP contribution >= 0.6 is 15.6 Å². The summed E-state index contributed by atoms with van der Waals surface area (Å²) in [7, 11) is -10.7. The van der Waals surface area contributed by atoms with Crippen LogP contribution in [0.4, 0.5) is 16.2 Å². The molecule has 3 saturated heterocycles. The highest BCUT2D eigenvalue weighted by molar-refractivity contribution is 7.47. The van der Waals surface area contributed by atoms with E-state index in [2.05, 4.69) is 29.9 Å². The lowest BCUT2D eigenvalue weighted by molar-refractivity contribution is -0.204. The highest BCUT2D eigenvalue weighted by atomic mass is 31.2. The van der Waals surface area contributed by atoms with Crippen LogP contribution in [-0.4, -0.2) is 109 Å². The Hall–Kier alpha value is -3.51. The highest BCUT2D eigenvalue weighted by Crippen LogP contribution is 2.55. The molecule has 7 heterocycles. The van der Waals surface area contributed by atoms with Crippen molar-refractivity contribution in [3.63, 3.8) is 0 Å². The second-order valence-corrected chi connectivity index (χ2v) is 13.1. The van der Waals surface area contributed by atoms with Gasteiger partial charge >= 0.3 is 15.6 Å². The standard InChI is InChI=1S/C20H23FN10O13P2/c21-20-2-40-46(37,38)43-10-6(41-17(9(10)32)30-4-26-7-13(22)24-3-25-14(7)30)1-39-45(35,36)44-11(12(20)33)18(42-20)31-5-27-8-15(31)28-19(23)29-16(8)34/h3-6,9-12,17-18,32-33H,1-2H2,(H,35,36)(H,37,38)(H2,22,24,25)(H3,23,28,29,34)/t6-,9-,10-,11-,12+,17-,18-,20-/m1/s1. The fourth-order valence-corrected chi connectivity index (χ4v) is 7.18. The number of aliphatic hydroxyl groups excluding tert-OH is 2. The normalized spacial score (nSPS) is 38.8. The van der Waals surface area contributed by atoms with E-state index in [-0.39, 0.29) is 34.1 Å². The molecule has 26 heteroatoms. The first kappa shape index (κ1) is 31.1. The number of anilines is 2. The molecule has 0 saturated carbocycles. The zero-order chi connectivity index (χ0) is 32.8. The molecule has 4 aromatic heterocycles. The van der Waals surface area contributed by atoms with E-state index in [0.29, 0.717) is 0 Å². The average molecular weight is 692 g/mol. The Labute approximate surface area is 253 Å². The zero-order valence-electron chi connectivity index (χ0n) is 22.7. The number of aromatic amines is 1. The molecule has 248 valence electrons. The number of nitrogens with zero attached hydrogens (tertiary/aromatic N) is 7. The largest absolute Gasteiger partial charge is 0.472 e. The summed E-state index contributed by atoms with van der Waals surface area (Å²) < 4.78 is 75.7. The topological polar surface area (TPSA) is 330 Å². The molecule has 10 atom stereocenters. The molecular weight excluding hydrogens is 669 g/mol. The zero-order valence-corrected chi connectivity index (χ0v) is 24.5. The predicted octanol–water partition coefficient (Wildman–Crippen LogP) is -2.04. The minimum absolute atomic E-state index is 0.00256. The maximum Gasteiger partial charge on any atom is 0.472 e. The summed E-state index contributed by atoms with van der Waals surface area (Å²) in [6.07, 6.45) is -9.94. The van der Waals surface area contributed by atoms with Crippen LogP contribution in [0, 0.1) is 0 Å². The first-order valence-corrected chi connectivity index (χ1v) is 16.0. The maximum atomic E-state index is 16.2. The second-order valence-electron chi connectivity index (χ2n) is 10.3. The lowest BCUT2D eigenvalue weighted by Gasteiger charge is -2.26. The molecule has 0 radical (unpaired) electrons. The Morgan fingerprint density at radius 2 is 1.63 bits per heavy atom. The number of fused-ring (bicyclic) bond motifs is 5. The molecule has 0 aliphatic carbocycles. The number of nitrogens with two attached hydrogens (primary N) is 2. The molecule has 2 bridgehead atoms.